The normalized spacial score (nSPS) is 16.2. The van der Waals surface area contributed by atoms with Crippen molar-refractivity contribution in [3.63, 3.8) is 0 Å². The van der Waals surface area contributed by atoms with Crippen LogP contribution in [0.4, 0.5) is 0 Å². The van der Waals surface area contributed by atoms with Gasteiger partial charge < -0.3 is 4.74 Å². The van der Waals surface area contributed by atoms with E-state index in [2.05, 4.69) is 0 Å². The van der Waals surface area contributed by atoms with Crippen LogP contribution in [0.2, 0.25) is 0 Å². The summed E-state index contributed by atoms with van der Waals surface area (Å²) in [6, 6.07) is 15.6. The third-order valence-corrected chi connectivity index (χ3v) is 5.89. The van der Waals surface area contributed by atoms with Gasteiger partial charge in [0, 0.05) is 18.7 Å². The summed E-state index contributed by atoms with van der Waals surface area (Å²) in [7, 11) is -3.54. The molecule has 1 heterocycles. The van der Waals surface area contributed by atoms with Crippen LogP contribution in [-0.2, 0) is 14.8 Å². The van der Waals surface area contributed by atoms with Crippen molar-refractivity contribution in [2.24, 2.45) is 0 Å². The fourth-order valence-corrected chi connectivity index (χ4v) is 3.97. The van der Waals surface area contributed by atoms with E-state index in [1.807, 2.05) is 30.3 Å². The maximum Gasteiger partial charge on any atom is 0.243 e. The number of morpholine rings is 1. The number of hydrogen-bond acceptors (Lipinski definition) is 4. The third-order valence-electron chi connectivity index (χ3n) is 3.97. The largest absolute Gasteiger partial charge is 0.379 e. The summed E-state index contributed by atoms with van der Waals surface area (Å²) in [6.07, 6.45) is 3.22. The average Bonchev–Trinajstić information content (AvgIpc) is 2.68. The van der Waals surface area contributed by atoms with Crippen LogP contribution in [0.25, 0.3) is 6.08 Å². The lowest BCUT2D eigenvalue weighted by atomic mass is 10.1. The first-order valence-electron chi connectivity index (χ1n) is 8.03. The van der Waals surface area contributed by atoms with Crippen LogP contribution >= 0.6 is 0 Å². The molecule has 5 nitrogen and oxygen atoms in total. The molecule has 0 unspecified atom stereocenters. The Hall–Kier alpha value is -2.28. The molecule has 0 N–H and O–H groups in total. The lowest BCUT2D eigenvalue weighted by Gasteiger charge is -2.26. The van der Waals surface area contributed by atoms with E-state index >= 15 is 0 Å². The lowest BCUT2D eigenvalue weighted by Crippen LogP contribution is -2.40. The fourth-order valence-electron chi connectivity index (χ4n) is 2.56. The van der Waals surface area contributed by atoms with Crippen molar-refractivity contribution in [2.75, 3.05) is 26.3 Å². The van der Waals surface area contributed by atoms with Crippen LogP contribution < -0.4 is 0 Å². The number of carbonyl (C=O) groups is 1. The Morgan fingerprint density at radius 1 is 0.960 bits per heavy atom. The minimum absolute atomic E-state index is 0.167. The molecule has 25 heavy (non-hydrogen) atoms. The molecule has 130 valence electrons. The van der Waals surface area contributed by atoms with Crippen LogP contribution in [0.1, 0.15) is 15.9 Å². The van der Waals surface area contributed by atoms with Crippen LogP contribution in [0.3, 0.4) is 0 Å². The first-order chi connectivity index (χ1) is 12.1. The number of allylic oxidation sites excluding steroid dienone is 1. The Bertz CT molecular complexity index is 852. The van der Waals surface area contributed by atoms with E-state index in [0.717, 1.165) is 5.56 Å². The zero-order valence-electron chi connectivity index (χ0n) is 13.7. The molecule has 6 heteroatoms. The van der Waals surface area contributed by atoms with Crippen molar-refractivity contribution in [1.29, 1.82) is 0 Å². The lowest BCUT2D eigenvalue weighted by molar-refractivity contribution is 0.0730. The van der Waals surface area contributed by atoms with E-state index in [0.29, 0.717) is 31.9 Å². The van der Waals surface area contributed by atoms with Crippen molar-refractivity contribution in [3.8, 4) is 0 Å². The molecule has 1 aliphatic heterocycles. The second-order valence-electron chi connectivity index (χ2n) is 5.65. The predicted octanol–water partition coefficient (Wildman–Crippen LogP) is 2.60. The molecule has 0 radical (unpaired) electrons. The molecular formula is C19H19NO4S. The van der Waals surface area contributed by atoms with E-state index in [4.69, 9.17) is 4.74 Å². The first kappa shape index (κ1) is 17.5. The average molecular weight is 357 g/mol. The van der Waals surface area contributed by atoms with Gasteiger partial charge in [0.15, 0.2) is 5.78 Å². The molecule has 0 atom stereocenters. The van der Waals surface area contributed by atoms with E-state index in [1.165, 1.54) is 22.5 Å². The monoisotopic (exact) mass is 357 g/mol. The molecule has 2 aromatic carbocycles. The molecule has 1 fully saturated rings. The molecule has 0 aromatic heterocycles. The summed E-state index contributed by atoms with van der Waals surface area (Å²) in [4.78, 5) is 12.4. The highest BCUT2D eigenvalue weighted by atomic mass is 32.2. The van der Waals surface area contributed by atoms with Crippen LogP contribution in [0, 0.1) is 0 Å². The quantitative estimate of drug-likeness (QED) is 0.609. The van der Waals surface area contributed by atoms with Gasteiger partial charge in [0.1, 0.15) is 0 Å². The molecule has 3 rings (SSSR count). The van der Waals surface area contributed by atoms with Crippen molar-refractivity contribution < 1.29 is 17.9 Å². The van der Waals surface area contributed by atoms with Gasteiger partial charge in [-0.1, -0.05) is 36.4 Å². The van der Waals surface area contributed by atoms with Gasteiger partial charge in [-0.05, 0) is 35.9 Å². The predicted molar refractivity (Wildman–Crippen MR) is 95.8 cm³/mol. The van der Waals surface area contributed by atoms with Gasteiger partial charge in [0.25, 0.3) is 0 Å². The number of hydrogen-bond donors (Lipinski definition) is 0. The summed E-state index contributed by atoms with van der Waals surface area (Å²) in [5.74, 6) is -0.167. The smallest absolute Gasteiger partial charge is 0.243 e. The van der Waals surface area contributed by atoms with Crippen molar-refractivity contribution in [2.45, 2.75) is 4.90 Å². The van der Waals surface area contributed by atoms with Crippen LogP contribution in [0.15, 0.2) is 65.6 Å². The van der Waals surface area contributed by atoms with Gasteiger partial charge in [-0.3, -0.25) is 4.79 Å². The number of sulfonamides is 1. The van der Waals surface area contributed by atoms with E-state index in [9.17, 15) is 13.2 Å². The molecule has 0 amide bonds. The SMILES string of the molecule is O=C(/C=C/c1ccccc1)c1ccc(S(=O)(=O)N2CCOCC2)cc1. The number of ether oxygens (including phenoxy) is 1. The second kappa shape index (κ2) is 7.74. The van der Waals surface area contributed by atoms with Gasteiger partial charge in [0.05, 0.1) is 18.1 Å². The summed E-state index contributed by atoms with van der Waals surface area (Å²) in [6.45, 7) is 1.51. The van der Waals surface area contributed by atoms with Gasteiger partial charge in [-0.2, -0.15) is 4.31 Å². The standard InChI is InChI=1S/C19H19NO4S/c21-19(11-6-16-4-2-1-3-5-16)17-7-9-18(10-8-17)25(22,23)20-12-14-24-15-13-20/h1-11H,12-15H2/b11-6+. The Morgan fingerprint density at radius 3 is 2.24 bits per heavy atom. The topological polar surface area (TPSA) is 63.7 Å². The summed E-state index contributed by atoms with van der Waals surface area (Å²) < 4.78 is 31.7. The highest BCUT2D eigenvalue weighted by Crippen LogP contribution is 2.18. The fraction of sp³-hybridized carbons (Fsp3) is 0.211. The summed E-state index contributed by atoms with van der Waals surface area (Å²) >= 11 is 0. The molecule has 1 aliphatic rings. The minimum Gasteiger partial charge on any atom is -0.379 e. The summed E-state index contributed by atoms with van der Waals surface area (Å²) in [5, 5.41) is 0. The highest BCUT2D eigenvalue weighted by molar-refractivity contribution is 7.89. The molecule has 1 saturated heterocycles. The Balaban J connectivity index is 1.73. The van der Waals surface area contributed by atoms with Gasteiger partial charge in [-0.25, -0.2) is 8.42 Å². The zero-order chi connectivity index (χ0) is 17.7. The second-order valence-corrected chi connectivity index (χ2v) is 7.59. The zero-order valence-corrected chi connectivity index (χ0v) is 14.5. The van der Waals surface area contributed by atoms with Gasteiger partial charge >= 0.3 is 0 Å². The molecule has 2 aromatic rings. The maximum atomic E-state index is 12.6. The van der Waals surface area contributed by atoms with Crippen LogP contribution in [0.5, 0.6) is 0 Å². The highest BCUT2D eigenvalue weighted by Gasteiger charge is 2.26. The van der Waals surface area contributed by atoms with E-state index in [-0.39, 0.29) is 10.7 Å². The molecule has 0 saturated carbocycles. The Kier molecular flexibility index (Phi) is 5.43. The summed E-state index contributed by atoms with van der Waals surface area (Å²) in [5.41, 5.74) is 1.38. The maximum absolute atomic E-state index is 12.6. The van der Waals surface area contributed by atoms with Gasteiger partial charge in [0.2, 0.25) is 10.0 Å². The Morgan fingerprint density at radius 2 is 1.60 bits per heavy atom. The van der Waals surface area contributed by atoms with Crippen molar-refractivity contribution >= 4 is 21.9 Å². The molecule has 0 bridgehead atoms. The number of benzene rings is 2. The Labute approximate surface area is 147 Å². The van der Waals surface area contributed by atoms with Gasteiger partial charge in [-0.15, -0.1) is 0 Å². The van der Waals surface area contributed by atoms with Crippen LogP contribution in [-0.4, -0.2) is 44.8 Å². The first-order valence-corrected chi connectivity index (χ1v) is 9.47. The number of carbonyl (C=O) groups excluding carboxylic acids is 1. The minimum atomic E-state index is -3.54. The molecule has 0 aliphatic carbocycles. The van der Waals surface area contributed by atoms with E-state index in [1.54, 1.807) is 18.2 Å². The van der Waals surface area contributed by atoms with Crippen molar-refractivity contribution in [3.05, 3.63) is 71.8 Å². The van der Waals surface area contributed by atoms with Crippen molar-refractivity contribution in [1.82, 2.24) is 4.31 Å². The number of nitrogens with zero attached hydrogens (tertiary/aromatic N) is 1. The number of rotatable bonds is 5. The third kappa shape index (κ3) is 4.22. The van der Waals surface area contributed by atoms with E-state index < -0.39 is 10.0 Å². The molecular weight excluding hydrogens is 338 g/mol. The molecule has 0 spiro atoms. The number of ketones is 1.